The molecule has 0 aliphatic carbocycles. The minimum Gasteiger partial charge on any atom is -0.437 e. The first-order valence-electron chi connectivity index (χ1n) is 5.06. The first-order valence-corrected chi connectivity index (χ1v) is 5.44. The Morgan fingerprint density at radius 1 is 1.35 bits per heavy atom. The van der Waals surface area contributed by atoms with E-state index in [2.05, 4.69) is 9.97 Å². The zero-order chi connectivity index (χ0) is 12.4. The van der Waals surface area contributed by atoms with Gasteiger partial charge in [-0.05, 0) is 31.0 Å². The summed E-state index contributed by atoms with van der Waals surface area (Å²) in [6.45, 7) is 3.87. The minimum atomic E-state index is -0.415. The summed E-state index contributed by atoms with van der Waals surface area (Å²) < 4.78 is 5.54. The Labute approximate surface area is 103 Å². The fourth-order valence-electron chi connectivity index (χ4n) is 1.36. The molecule has 0 fully saturated rings. The summed E-state index contributed by atoms with van der Waals surface area (Å²) in [7, 11) is 0. The highest BCUT2D eigenvalue weighted by molar-refractivity contribution is 6.31. The van der Waals surface area contributed by atoms with E-state index >= 15 is 0 Å². The molecule has 4 nitrogen and oxygen atoms in total. The van der Waals surface area contributed by atoms with Crippen LogP contribution in [0.3, 0.4) is 0 Å². The average Bonchev–Trinajstić information content (AvgIpc) is 2.30. The molecule has 1 heterocycles. The van der Waals surface area contributed by atoms with E-state index in [-0.39, 0.29) is 10.9 Å². The Hall–Kier alpha value is -1.81. The Morgan fingerprint density at radius 3 is 2.88 bits per heavy atom. The number of H-pyrrole nitrogens is 1. The van der Waals surface area contributed by atoms with Crippen molar-refractivity contribution in [1.29, 1.82) is 0 Å². The molecule has 2 rings (SSSR count). The summed E-state index contributed by atoms with van der Waals surface area (Å²) in [5.41, 5.74) is 1.60. The van der Waals surface area contributed by atoms with E-state index in [1.807, 2.05) is 32.0 Å². The van der Waals surface area contributed by atoms with E-state index in [1.165, 1.54) is 6.33 Å². The van der Waals surface area contributed by atoms with Gasteiger partial charge in [-0.1, -0.05) is 23.7 Å². The Kier molecular flexibility index (Phi) is 3.15. The number of nitrogens with zero attached hydrogens (tertiary/aromatic N) is 1. The SMILES string of the molecule is Cc1ccc(C)c(Oc2nc[nH]c(=O)c2Cl)c1. The summed E-state index contributed by atoms with van der Waals surface area (Å²) in [5.74, 6) is 0.758. The van der Waals surface area contributed by atoms with Crippen molar-refractivity contribution in [2.24, 2.45) is 0 Å². The number of hydrogen-bond acceptors (Lipinski definition) is 3. The van der Waals surface area contributed by atoms with E-state index in [9.17, 15) is 4.79 Å². The van der Waals surface area contributed by atoms with E-state index < -0.39 is 5.56 Å². The quantitative estimate of drug-likeness (QED) is 0.892. The topological polar surface area (TPSA) is 55.0 Å². The van der Waals surface area contributed by atoms with Gasteiger partial charge in [-0.2, -0.15) is 0 Å². The molecule has 0 spiro atoms. The van der Waals surface area contributed by atoms with Gasteiger partial charge in [0, 0.05) is 0 Å². The van der Waals surface area contributed by atoms with Gasteiger partial charge in [0.1, 0.15) is 5.75 Å². The van der Waals surface area contributed by atoms with Crippen LogP contribution < -0.4 is 10.3 Å². The lowest BCUT2D eigenvalue weighted by molar-refractivity contribution is 0.457. The second-order valence-corrected chi connectivity index (χ2v) is 4.10. The summed E-state index contributed by atoms with van der Waals surface area (Å²) in [6, 6.07) is 5.79. The molecule has 0 unspecified atom stereocenters. The molecule has 0 saturated heterocycles. The number of halogens is 1. The van der Waals surface area contributed by atoms with Gasteiger partial charge in [-0.3, -0.25) is 4.79 Å². The average molecular weight is 251 g/mol. The standard InChI is InChI=1S/C12H11ClN2O2/c1-7-3-4-8(2)9(5-7)17-12-10(13)11(16)14-6-15-12/h3-6H,1-2H3,(H,14,15,16). The van der Waals surface area contributed by atoms with E-state index in [1.54, 1.807) is 0 Å². The second-order valence-electron chi connectivity index (χ2n) is 3.72. The monoisotopic (exact) mass is 250 g/mol. The molecule has 1 aromatic heterocycles. The number of nitrogens with one attached hydrogen (secondary N) is 1. The highest BCUT2D eigenvalue weighted by atomic mass is 35.5. The van der Waals surface area contributed by atoms with Gasteiger partial charge in [0.15, 0.2) is 5.02 Å². The third kappa shape index (κ3) is 2.47. The Balaban J connectivity index is 2.41. The van der Waals surface area contributed by atoms with Crippen LogP contribution in [0.25, 0.3) is 0 Å². The summed E-state index contributed by atoms with van der Waals surface area (Å²) in [4.78, 5) is 17.5. The molecule has 1 aromatic carbocycles. The third-order valence-electron chi connectivity index (χ3n) is 2.31. The van der Waals surface area contributed by atoms with Crippen LogP contribution in [0.1, 0.15) is 11.1 Å². The molecular weight excluding hydrogens is 240 g/mol. The van der Waals surface area contributed by atoms with Crippen molar-refractivity contribution in [2.45, 2.75) is 13.8 Å². The highest BCUT2D eigenvalue weighted by Gasteiger charge is 2.09. The first-order chi connectivity index (χ1) is 8.08. The second kappa shape index (κ2) is 4.59. The van der Waals surface area contributed by atoms with Crippen molar-refractivity contribution in [2.75, 3.05) is 0 Å². The molecule has 0 aliphatic rings. The molecule has 2 aromatic rings. The number of hydrogen-bond donors (Lipinski definition) is 1. The van der Waals surface area contributed by atoms with Gasteiger partial charge < -0.3 is 9.72 Å². The van der Waals surface area contributed by atoms with Gasteiger partial charge >= 0.3 is 0 Å². The fourth-order valence-corrected chi connectivity index (χ4v) is 1.50. The molecule has 88 valence electrons. The summed E-state index contributed by atoms with van der Waals surface area (Å²) in [6.07, 6.45) is 1.26. The molecule has 0 amide bonds. The van der Waals surface area contributed by atoms with Gasteiger partial charge in [0.05, 0.1) is 6.33 Å². The lowest BCUT2D eigenvalue weighted by Crippen LogP contribution is -2.08. The number of aryl methyl sites for hydroxylation is 2. The molecule has 5 heteroatoms. The van der Waals surface area contributed by atoms with Crippen molar-refractivity contribution >= 4 is 11.6 Å². The van der Waals surface area contributed by atoms with E-state index in [4.69, 9.17) is 16.3 Å². The van der Waals surface area contributed by atoms with Crippen LogP contribution in [-0.4, -0.2) is 9.97 Å². The van der Waals surface area contributed by atoms with Gasteiger partial charge in [0.2, 0.25) is 5.88 Å². The molecule has 0 atom stereocenters. The zero-order valence-electron chi connectivity index (χ0n) is 9.45. The van der Waals surface area contributed by atoms with Crippen molar-refractivity contribution in [1.82, 2.24) is 9.97 Å². The maximum Gasteiger partial charge on any atom is 0.273 e. The molecule has 0 bridgehead atoms. The predicted octanol–water partition coefficient (Wildman–Crippen LogP) is 2.83. The van der Waals surface area contributed by atoms with Gasteiger partial charge in [-0.25, -0.2) is 4.98 Å². The van der Waals surface area contributed by atoms with Crippen LogP contribution >= 0.6 is 11.6 Å². The molecule has 0 aliphatic heterocycles. The molecular formula is C12H11ClN2O2. The number of benzene rings is 1. The first kappa shape index (κ1) is 11.7. The Bertz CT molecular complexity index is 608. The van der Waals surface area contributed by atoms with E-state index in [0.29, 0.717) is 5.75 Å². The van der Waals surface area contributed by atoms with Crippen LogP contribution in [0.2, 0.25) is 5.02 Å². The predicted molar refractivity (Wildman–Crippen MR) is 65.9 cm³/mol. The van der Waals surface area contributed by atoms with E-state index in [0.717, 1.165) is 11.1 Å². The van der Waals surface area contributed by atoms with Crippen LogP contribution in [0, 0.1) is 13.8 Å². The summed E-state index contributed by atoms with van der Waals surface area (Å²) >= 11 is 5.80. The van der Waals surface area contributed by atoms with Crippen molar-refractivity contribution < 1.29 is 4.74 Å². The smallest absolute Gasteiger partial charge is 0.273 e. The Morgan fingerprint density at radius 2 is 2.12 bits per heavy atom. The number of ether oxygens (including phenoxy) is 1. The highest BCUT2D eigenvalue weighted by Crippen LogP contribution is 2.27. The van der Waals surface area contributed by atoms with Gasteiger partial charge in [-0.15, -0.1) is 0 Å². The normalized spacial score (nSPS) is 10.3. The number of aromatic nitrogens is 2. The molecule has 0 saturated carbocycles. The number of rotatable bonds is 2. The number of aromatic amines is 1. The largest absolute Gasteiger partial charge is 0.437 e. The van der Waals surface area contributed by atoms with Crippen LogP contribution in [-0.2, 0) is 0 Å². The van der Waals surface area contributed by atoms with Crippen LogP contribution in [0.4, 0.5) is 0 Å². The summed E-state index contributed by atoms with van der Waals surface area (Å²) in [5, 5.41) is -0.0478. The minimum absolute atomic E-state index is 0.0478. The van der Waals surface area contributed by atoms with Crippen molar-refractivity contribution in [3.05, 3.63) is 51.0 Å². The molecule has 0 radical (unpaired) electrons. The maximum atomic E-state index is 11.3. The fraction of sp³-hybridized carbons (Fsp3) is 0.167. The zero-order valence-corrected chi connectivity index (χ0v) is 10.2. The molecule has 1 N–H and O–H groups in total. The van der Waals surface area contributed by atoms with Crippen molar-refractivity contribution in [3.63, 3.8) is 0 Å². The molecule has 17 heavy (non-hydrogen) atoms. The third-order valence-corrected chi connectivity index (χ3v) is 2.65. The van der Waals surface area contributed by atoms with Crippen LogP contribution in [0.15, 0.2) is 29.3 Å². The van der Waals surface area contributed by atoms with Gasteiger partial charge in [0.25, 0.3) is 5.56 Å². The van der Waals surface area contributed by atoms with Crippen LogP contribution in [0.5, 0.6) is 11.6 Å². The van der Waals surface area contributed by atoms with Crippen molar-refractivity contribution in [3.8, 4) is 11.6 Å². The lowest BCUT2D eigenvalue weighted by Gasteiger charge is -2.08. The maximum absolute atomic E-state index is 11.3. The lowest BCUT2D eigenvalue weighted by atomic mass is 10.1.